The van der Waals surface area contributed by atoms with Gasteiger partial charge in [-0.1, -0.05) is 28.9 Å². The minimum Gasteiger partial charge on any atom is -0.356 e. The number of rotatable bonds is 2. The van der Waals surface area contributed by atoms with Crippen LogP contribution in [0, 0.1) is 12.8 Å². The molecular formula is C12H17BrN2. The zero-order valence-corrected chi connectivity index (χ0v) is 10.9. The number of nitrogens with zero attached hydrogens (tertiary/aromatic N) is 2. The van der Waals surface area contributed by atoms with Gasteiger partial charge in [0.15, 0.2) is 0 Å². The number of hydrogen-bond acceptors (Lipinski definition) is 2. The van der Waals surface area contributed by atoms with Crippen molar-refractivity contribution < 1.29 is 0 Å². The van der Waals surface area contributed by atoms with Crippen molar-refractivity contribution in [2.24, 2.45) is 5.92 Å². The smallest absolute Gasteiger partial charge is 0.131 e. The van der Waals surface area contributed by atoms with Crippen LogP contribution in [0.15, 0.2) is 12.3 Å². The first-order chi connectivity index (χ1) is 7.20. The maximum absolute atomic E-state index is 4.56. The van der Waals surface area contributed by atoms with E-state index in [2.05, 4.69) is 45.7 Å². The minimum absolute atomic E-state index is 0.807. The van der Waals surface area contributed by atoms with Gasteiger partial charge in [0.2, 0.25) is 0 Å². The van der Waals surface area contributed by atoms with Gasteiger partial charge in [-0.2, -0.15) is 0 Å². The summed E-state index contributed by atoms with van der Waals surface area (Å²) in [4.78, 5) is 6.96. The maximum atomic E-state index is 4.56. The third-order valence-electron chi connectivity index (χ3n) is 2.98. The lowest BCUT2D eigenvalue weighted by molar-refractivity contribution is 0.658. The Bertz CT molecular complexity index is 351. The molecular weight excluding hydrogens is 252 g/mol. The fourth-order valence-electron chi connectivity index (χ4n) is 2.16. The van der Waals surface area contributed by atoms with Crippen molar-refractivity contribution in [2.75, 3.05) is 18.0 Å². The molecule has 2 nitrogen and oxygen atoms in total. The quantitative estimate of drug-likeness (QED) is 0.767. The van der Waals surface area contributed by atoms with Crippen LogP contribution in [0.25, 0.3) is 0 Å². The van der Waals surface area contributed by atoms with E-state index in [9.17, 15) is 0 Å². The van der Waals surface area contributed by atoms with Gasteiger partial charge >= 0.3 is 0 Å². The van der Waals surface area contributed by atoms with Crippen LogP contribution < -0.4 is 4.90 Å². The van der Waals surface area contributed by atoms with Crippen LogP contribution in [-0.4, -0.2) is 18.1 Å². The van der Waals surface area contributed by atoms with E-state index in [1.165, 1.54) is 23.4 Å². The monoisotopic (exact) mass is 268 g/mol. The highest BCUT2D eigenvalue weighted by molar-refractivity contribution is 9.08. The molecule has 0 amide bonds. The van der Waals surface area contributed by atoms with Crippen molar-refractivity contribution in [1.29, 1.82) is 0 Å². The normalized spacial score (nSPS) is 21.0. The lowest BCUT2D eigenvalue weighted by Crippen LogP contribution is -2.21. The van der Waals surface area contributed by atoms with E-state index < -0.39 is 0 Å². The van der Waals surface area contributed by atoms with Crippen molar-refractivity contribution in [3.05, 3.63) is 23.4 Å². The molecule has 15 heavy (non-hydrogen) atoms. The summed E-state index contributed by atoms with van der Waals surface area (Å²) in [5.74, 6) is 1.98. The van der Waals surface area contributed by atoms with Crippen molar-refractivity contribution in [2.45, 2.75) is 25.6 Å². The molecule has 1 unspecified atom stereocenters. The molecule has 1 saturated heterocycles. The van der Waals surface area contributed by atoms with Gasteiger partial charge in [0.05, 0.1) is 0 Å². The Labute approximate surface area is 99.8 Å². The van der Waals surface area contributed by atoms with E-state index in [-0.39, 0.29) is 0 Å². The number of anilines is 1. The number of pyridine rings is 1. The summed E-state index contributed by atoms with van der Waals surface area (Å²) in [6.45, 7) is 6.77. The second-order valence-corrected chi connectivity index (χ2v) is 5.02. The van der Waals surface area contributed by atoms with Gasteiger partial charge in [-0.25, -0.2) is 4.98 Å². The summed E-state index contributed by atoms with van der Waals surface area (Å²) in [5.41, 5.74) is 2.55. The zero-order chi connectivity index (χ0) is 10.8. The topological polar surface area (TPSA) is 16.1 Å². The first-order valence-electron chi connectivity index (χ1n) is 5.47. The van der Waals surface area contributed by atoms with Crippen molar-refractivity contribution in [1.82, 2.24) is 4.98 Å². The molecule has 1 aromatic rings. The standard InChI is InChI=1S/C12H17BrN2/c1-9-3-4-15(8-9)12-10(2)5-11(6-13)7-14-12/h5,7,9H,3-4,6,8H2,1-2H3. The van der Waals surface area contributed by atoms with Crippen LogP contribution in [0.4, 0.5) is 5.82 Å². The first-order valence-corrected chi connectivity index (χ1v) is 6.59. The lowest BCUT2D eigenvalue weighted by atomic mass is 10.2. The van der Waals surface area contributed by atoms with E-state index >= 15 is 0 Å². The summed E-state index contributed by atoms with van der Waals surface area (Å²) in [6, 6.07) is 2.22. The molecule has 1 atom stereocenters. The van der Waals surface area contributed by atoms with Crippen molar-refractivity contribution in [3.63, 3.8) is 0 Å². The van der Waals surface area contributed by atoms with E-state index in [1.54, 1.807) is 0 Å². The second kappa shape index (κ2) is 4.52. The van der Waals surface area contributed by atoms with E-state index in [0.29, 0.717) is 0 Å². The van der Waals surface area contributed by atoms with Gasteiger partial charge in [-0.05, 0) is 30.4 Å². The molecule has 0 aromatic carbocycles. The van der Waals surface area contributed by atoms with Crippen LogP contribution in [0.2, 0.25) is 0 Å². The van der Waals surface area contributed by atoms with Crippen LogP contribution in [0.1, 0.15) is 24.5 Å². The molecule has 1 fully saturated rings. The Kier molecular flexibility index (Phi) is 3.29. The van der Waals surface area contributed by atoms with Crippen LogP contribution >= 0.6 is 15.9 Å². The molecule has 2 heterocycles. The van der Waals surface area contributed by atoms with Gasteiger partial charge in [-0.3, -0.25) is 0 Å². The van der Waals surface area contributed by atoms with Gasteiger partial charge < -0.3 is 4.90 Å². The molecule has 0 bridgehead atoms. The average molecular weight is 269 g/mol. The van der Waals surface area contributed by atoms with E-state index in [1.807, 2.05) is 6.20 Å². The fraction of sp³-hybridized carbons (Fsp3) is 0.583. The fourth-order valence-corrected chi connectivity index (χ4v) is 2.46. The first kappa shape index (κ1) is 10.9. The zero-order valence-electron chi connectivity index (χ0n) is 9.33. The predicted molar refractivity (Wildman–Crippen MR) is 67.6 cm³/mol. The average Bonchev–Trinajstić information content (AvgIpc) is 2.64. The number of aromatic nitrogens is 1. The summed E-state index contributed by atoms with van der Waals surface area (Å²) in [5, 5.41) is 0.886. The third-order valence-corrected chi connectivity index (χ3v) is 3.63. The van der Waals surface area contributed by atoms with Gasteiger partial charge in [-0.15, -0.1) is 0 Å². The van der Waals surface area contributed by atoms with Gasteiger partial charge in [0, 0.05) is 24.6 Å². The Morgan fingerprint density at radius 2 is 2.40 bits per heavy atom. The molecule has 0 N–H and O–H groups in total. The number of aryl methyl sites for hydroxylation is 1. The maximum Gasteiger partial charge on any atom is 0.131 e. The summed E-state index contributed by atoms with van der Waals surface area (Å²) >= 11 is 3.46. The minimum atomic E-state index is 0.807. The summed E-state index contributed by atoms with van der Waals surface area (Å²) in [6.07, 6.45) is 3.27. The Morgan fingerprint density at radius 3 is 2.93 bits per heavy atom. The molecule has 0 spiro atoms. The molecule has 3 heteroatoms. The van der Waals surface area contributed by atoms with Gasteiger partial charge in [0.1, 0.15) is 5.82 Å². The summed E-state index contributed by atoms with van der Waals surface area (Å²) < 4.78 is 0. The van der Waals surface area contributed by atoms with Crippen LogP contribution in [0.5, 0.6) is 0 Å². The molecule has 0 radical (unpaired) electrons. The molecule has 0 saturated carbocycles. The van der Waals surface area contributed by atoms with Crippen LogP contribution in [0.3, 0.4) is 0 Å². The van der Waals surface area contributed by atoms with Crippen molar-refractivity contribution >= 4 is 21.7 Å². The second-order valence-electron chi connectivity index (χ2n) is 4.46. The predicted octanol–water partition coefficient (Wildman–Crippen LogP) is 3.13. The molecule has 1 aliphatic heterocycles. The van der Waals surface area contributed by atoms with Gasteiger partial charge in [0.25, 0.3) is 0 Å². The summed E-state index contributed by atoms with van der Waals surface area (Å²) in [7, 11) is 0. The highest BCUT2D eigenvalue weighted by Crippen LogP contribution is 2.25. The number of halogens is 1. The molecule has 1 aliphatic rings. The highest BCUT2D eigenvalue weighted by atomic mass is 79.9. The molecule has 82 valence electrons. The SMILES string of the molecule is Cc1cc(CBr)cnc1N1CCC(C)C1. The van der Waals surface area contributed by atoms with Crippen LogP contribution in [-0.2, 0) is 5.33 Å². The van der Waals surface area contributed by atoms with Crippen molar-refractivity contribution in [3.8, 4) is 0 Å². The Morgan fingerprint density at radius 1 is 1.60 bits per heavy atom. The lowest BCUT2D eigenvalue weighted by Gasteiger charge is -2.19. The molecule has 0 aliphatic carbocycles. The molecule has 2 rings (SSSR count). The van der Waals surface area contributed by atoms with E-state index in [0.717, 1.165) is 24.3 Å². The third kappa shape index (κ3) is 2.33. The highest BCUT2D eigenvalue weighted by Gasteiger charge is 2.20. The number of hydrogen-bond donors (Lipinski definition) is 0. The Hall–Kier alpha value is -0.570. The Balaban J connectivity index is 2.21. The molecule has 1 aromatic heterocycles. The largest absolute Gasteiger partial charge is 0.356 e. The number of alkyl halides is 1. The van der Waals surface area contributed by atoms with E-state index in [4.69, 9.17) is 0 Å².